The lowest BCUT2D eigenvalue weighted by molar-refractivity contribution is 0.563. The fourth-order valence-electron chi connectivity index (χ4n) is 0.393. The minimum Gasteiger partial charge on any atom is -0.340 e. The van der Waals surface area contributed by atoms with Crippen molar-refractivity contribution in [2.45, 2.75) is 6.92 Å². The van der Waals surface area contributed by atoms with Crippen LogP contribution in [0.3, 0.4) is 0 Å². The molecular weight excluding hydrogens is 346 g/mol. The number of aliphatic hydroxyl groups excluding tert-OH is 1. The summed E-state index contributed by atoms with van der Waals surface area (Å²) in [5, 5.41) is 8.94. The van der Waals surface area contributed by atoms with Crippen molar-refractivity contribution in [1.82, 2.24) is 0 Å². The van der Waals surface area contributed by atoms with Crippen molar-refractivity contribution in [2.24, 2.45) is 9.98 Å². The second kappa shape index (κ2) is 3.15. The lowest BCUT2D eigenvalue weighted by Crippen LogP contribution is -1.99. The number of aliphatic imine (C=N–C) groups is 2. The molecule has 1 aliphatic heterocycles. The van der Waals surface area contributed by atoms with Gasteiger partial charge < -0.3 is 5.11 Å². The molecule has 0 atom stereocenters. The standard InChI is InChI=1S/C4H4I2N2O/c1-2-7-3(5)6-4(9)8-2/h1H3,(H,7,8,9). The van der Waals surface area contributed by atoms with Crippen LogP contribution in [0, 0.1) is 0 Å². The highest BCUT2D eigenvalue weighted by Gasteiger charge is 2.00. The van der Waals surface area contributed by atoms with Gasteiger partial charge in [0.25, 0.3) is 0 Å². The molecule has 50 valence electrons. The Morgan fingerprint density at radius 3 is 2.67 bits per heavy atom. The average Bonchev–Trinajstić information content (AvgIpc) is 1.59. The maximum absolute atomic E-state index is 8.94. The predicted octanol–water partition coefficient (Wildman–Crippen LogP) is 1.64. The van der Waals surface area contributed by atoms with Gasteiger partial charge in [-0.3, -0.25) is 0 Å². The van der Waals surface area contributed by atoms with Crippen molar-refractivity contribution < 1.29 is 5.11 Å². The lowest BCUT2D eigenvalue weighted by Gasteiger charge is -1.98. The Morgan fingerprint density at radius 2 is 2.22 bits per heavy atom. The monoisotopic (exact) mass is 350 g/mol. The first kappa shape index (κ1) is 7.73. The molecule has 1 rings (SSSR count). The maximum Gasteiger partial charge on any atom is 0.201 e. The van der Waals surface area contributed by atoms with E-state index in [4.69, 9.17) is 5.11 Å². The van der Waals surface area contributed by atoms with E-state index in [1.54, 1.807) is 6.92 Å². The van der Waals surface area contributed by atoms with E-state index in [2.05, 4.69) is 32.6 Å². The molecule has 3 nitrogen and oxygen atoms in total. The molecule has 0 aromatic heterocycles. The lowest BCUT2D eigenvalue weighted by atomic mass is 10.7. The number of halogens is 2. The van der Waals surface area contributed by atoms with Crippen molar-refractivity contribution >= 4 is 54.7 Å². The molecule has 0 amide bonds. The molecule has 9 heavy (non-hydrogen) atoms. The third-order valence-corrected chi connectivity index (χ3v) is 3.68. The molecule has 0 fully saturated rings. The number of nitrogens with zero attached hydrogens (tertiary/aromatic N) is 2. The largest absolute Gasteiger partial charge is 0.340 e. The van der Waals surface area contributed by atoms with Crippen LogP contribution in [0.4, 0.5) is 0 Å². The smallest absolute Gasteiger partial charge is 0.201 e. The Bertz CT molecular complexity index is 172. The van der Waals surface area contributed by atoms with Crippen LogP contribution in [-0.4, -0.2) is 16.5 Å². The van der Waals surface area contributed by atoms with E-state index in [1.807, 2.05) is 0 Å². The van der Waals surface area contributed by atoms with Crippen LogP contribution >= 0.6 is 43.3 Å². The Hall–Kier alpha value is 0.630. The summed E-state index contributed by atoms with van der Waals surface area (Å²) in [5.41, 5.74) is 0. The molecule has 1 heterocycles. The first-order valence-electron chi connectivity index (χ1n) is 2.18. The quantitative estimate of drug-likeness (QED) is 0.664. The average molecular weight is 350 g/mol. The Labute approximate surface area is 76.2 Å². The summed E-state index contributed by atoms with van der Waals surface area (Å²) in [7, 11) is 0. The Morgan fingerprint density at radius 1 is 1.56 bits per heavy atom. The van der Waals surface area contributed by atoms with Gasteiger partial charge in [-0.25, -0.2) is 9.98 Å². The van der Waals surface area contributed by atoms with E-state index >= 15 is 0 Å². The summed E-state index contributed by atoms with van der Waals surface area (Å²) < 4.78 is 1.27. The zero-order chi connectivity index (χ0) is 6.85. The van der Waals surface area contributed by atoms with Gasteiger partial charge in [0.2, 0.25) is 3.82 Å². The fourth-order valence-corrected chi connectivity index (χ4v) is 3.30. The van der Waals surface area contributed by atoms with Crippen molar-refractivity contribution in [1.29, 1.82) is 0 Å². The number of aliphatic hydroxyl groups is 1. The molecular formula is C4H4I2N2O. The normalized spacial score (nSPS) is 19.2. The fraction of sp³-hybridized carbons (Fsp3) is 0.250. The highest BCUT2D eigenvalue weighted by atomic mass is 127. The van der Waals surface area contributed by atoms with Crippen LogP contribution in [0.1, 0.15) is 6.92 Å². The summed E-state index contributed by atoms with van der Waals surface area (Å²) in [4.78, 5) is 7.83. The van der Waals surface area contributed by atoms with Crippen LogP contribution in [0.25, 0.3) is 0 Å². The molecule has 5 heteroatoms. The van der Waals surface area contributed by atoms with E-state index < -0.39 is 20.7 Å². The van der Waals surface area contributed by atoms with Gasteiger partial charge in [-0.05, 0) is 50.2 Å². The summed E-state index contributed by atoms with van der Waals surface area (Å²) >= 11 is 1.71. The molecule has 0 saturated carbocycles. The minimum atomic E-state index is -0.417. The van der Waals surface area contributed by atoms with Crippen molar-refractivity contribution in [3.05, 3.63) is 0 Å². The van der Waals surface area contributed by atoms with Crippen LogP contribution < -0.4 is 0 Å². The van der Waals surface area contributed by atoms with E-state index in [0.29, 0.717) is 5.84 Å². The molecule has 0 aromatic rings. The van der Waals surface area contributed by atoms with Gasteiger partial charge in [0.05, 0.1) is 0 Å². The molecule has 0 radical (unpaired) electrons. The first-order chi connectivity index (χ1) is 4.18. The van der Waals surface area contributed by atoms with Crippen LogP contribution in [0.2, 0.25) is 0 Å². The highest BCUT2D eigenvalue weighted by Crippen LogP contribution is 2.15. The number of amidine groups is 1. The summed E-state index contributed by atoms with van der Waals surface area (Å²) in [6.07, 6.45) is 0. The predicted molar refractivity (Wildman–Crippen MR) is 55.5 cm³/mol. The van der Waals surface area contributed by atoms with E-state index in [0.717, 1.165) is 1.73 Å². The van der Waals surface area contributed by atoms with Gasteiger partial charge in [0, 0.05) is 0 Å². The van der Waals surface area contributed by atoms with Crippen LogP contribution in [-0.2, 0) is 0 Å². The Balaban J connectivity index is 2.98. The topological polar surface area (TPSA) is 45.0 Å². The number of hydrogen-bond acceptors (Lipinski definition) is 3. The molecule has 0 spiro atoms. The zero-order valence-corrected chi connectivity index (χ0v) is 8.91. The molecule has 0 aliphatic carbocycles. The third-order valence-electron chi connectivity index (χ3n) is 0.663. The van der Waals surface area contributed by atoms with E-state index in [-0.39, 0.29) is 3.82 Å². The highest BCUT2D eigenvalue weighted by molar-refractivity contribution is 14.3. The van der Waals surface area contributed by atoms with Crippen molar-refractivity contribution in [2.75, 3.05) is 0 Å². The first-order valence-corrected chi connectivity index (χ1v) is 5.42. The second-order valence-corrected chi connectivity index (χ2v) is 6.99. The summed E-state index contributed by atoms with van der Waals surface area (Å²) in [5.74, 6) is 0.655. The molecule has 0 aromatic carbocycles. The van der Waals surface area contributed by atoms with E-state index in [9.17, 15) is 0 Å². The molecule has 1 N–H and O–H groups in total. The molecule has 0 bridgehead atoms. The molecule has 0 saturated heterocycles. The van der Waals surface area contributed by atoms with Gasteiger partial charge in [-0.2, -0.15) is 0 Å². The minimum absolute atomic E-state index is 0.269. The van der Waals surface area contributed by atoms with Gasteiger partial charge in [-0.1, -0.05) is 0 Å². The summed E-state index contributed by atoms with van der Waals surface area (Å²) in [6, 6.07) is 0. The number of hydrogen-bond donors (Lipinski definition) is 1. The Kier molecular flexibility index (Phi) is 2.71. The van der Waals surface area contributed by atoms with Crippen molar-refractivity contribution in [3.8, 4) is 0 Å². The van der Waals surface area contributed by atoms with Gasteiger partial charge >= 0.3 is 0 Å². The van der Waals surface area contributed by atoms with Crippen LogP contribution in [0.15, 0.2) is 9.98 Å². The third kappa shape index (κ3) is 2.38. The van der Waals surface area contributed by atoms with Gasteiger partial charge in [0.15, 0.2) is 0 Å². The van der Waals surface area contributed by atoms with E-state index in [1.165, 1.54) is 0 Å². The van der Waals surface area contributed by atoms with Gasteiger partial charge in [-0.15, -0.1) is 0 Å². The van der Waals surface area contributed by atoms with Crippen molar-refractivity contribution in [3.63, 3.8) is 0 Å². The second-order valence-electron chi connectivity index (χ2n) is 1.37. The number of rotatable bonds is 0. The SMILES string of the molecule is CC1=NC(O)=IC(I)=N1. The summed E-state index contributed by atoms with van der Waals surface area (Å²) in [6.45, 7) is 1.78. The van der Waals surface area contributed by atoms with Crippen LogP contribution in [0.5, 0.6) is 0 Å². The maximum atomic E-state index is 8.94. The molecule has 0 unspecified atom stereocenters. The zero-order valence-electron chi connectivity index (χ0n) is 4.60. The molecule has 1 aliphatic rings. The van der Waals surface area contributed by atoms with Gasteiger partial charge in [0.1, 0.15) is 7.56 Å².